The van der Waals surface area contributed by atoms with Crippen LogP contribution in [0.1, 0.15) is 82.5 Å². The van der Waals surface area contributed by atoms with Crippen molar-refractivity contribution in [3.8, 4) is 12.3 Å². The molecule has 0 bridgehead atoms. The number of rotatable bonds is 10. The molecule has 1 aromatic carbocycles. The van der Waals surface area contributed by atoms with Crippen LogP contribution in [-0.4, -0.2) is 16.6 Å². The van der Waals surface area contributed by atoms with Gasteiger partial charge in [0, 0.05) is 23.3 Å². The van der Waals surface area contributed by atoms with Gasteiger partial charge in [0.05, 0.1) is 5.56 Å². The Bertz CT molecular complexity index is 626. The van der Waals surface area contributed by atoms with Crippen molar-refractivity contribution >= 4 is 22.8 Å². The van der Waals surface area contributed by atoms with Crippen LogP contribution >= 0.6 is 11.8 Å². The van der Waals surface area contributed by atoms with Gasteiger partial charge in [-0.2, -0.15) is 0 Å². The van der Waals surface area contributed by atoms with Crippen molar-refractivity contribution in [3.63, 3.8) is 0 Å². The Balaban J connectivity index is 2.41. The summed E-state index contributed by atoms with van der Waals surface area (Å²) in [5, 5.41) is 3.07. The maximum absolute atomic E-state index is 12.4. The van der Waals surface area contributed by atoms with Crippen LogP contribution in [0.3, 0.4) is 0 Å². The molecule has 1 N–H and O–H groups in total. The molecule has 0 aliphatic heterocycles. The molecular formula is C22H31NO2S. The number of unbranched alkanes of at least 4 members (excludes halogenated alkanes) is 6. The molecule has 1 amide bonds. The zero-order valence-corrected chi connectivity index (χ0v) is 17.1. The van der Waals surface area contributed by atoms with Crippen molar-refractivity contribution in [1.29, 1.82) is 0 Å². The largest absolute Gasteiger partial charge is 0.347 e. The Hall–Kier alpha value is -1.73. The average molecular weight is 374 g/mol. The van der Waals surface area contributed by atoms with Crippen LogP contribution in [0.2, 0.25) is 0 Å². The van der Waals surface area contributed by atoms with E-state index in [2.05, 4.69) is 11.2 Å². The number of hydrogen-bond acceptors (Lipinski definition) is 3. The fourth-order valence-corrected chi connectivity index (χ4v) is 3.44. The fraction of sp³-hybridized carbons (Fsp3) is 0.545. The lowest BCUT2D eigenvalue weighted by molar-refractivity contribution is -0.111. The molecule has 0 fully saturated rings. The van der Waals surface area contributed by atoms with E-state index in [1.165, 1.54) is 24.6 Å². The zero-order valence-electron chi connectivity index (χ0n) is 16.3. The first kappa shape index (κ1) is 22.3. The number of carbonyl (C=O) groups excluding carboxylic acids is 2. The van der Waals surface area contributed by atoms with E-state index in [0.717, 1.165) is 37.0 Å². The first-order chi connectivity index (χ1) is 12.3. The van der Waals surface area contributed by atoms with Crippen molar-refractivity contribution < 1.29 is 9.59 Å². The molecule has 0 aromatic heterocycles. The number of nitrogens with one attached hydrogen (secondary N) is 1. The summed E-state index contributed by atoms with van der Waals surface area (Å²) in [6.45, 7) is 5.83. The highest BCUT2D eigenvalue weighted by Gasteiger charge is 2.19. The van der Waals surface area contributed by atoms with Crippen LogP contribution in [0.5, 0.6) is 0 Å². The predicted octanol–water partition coefficient (Wildman–Crippen LogP) is 5.59. The predicted molar refractivity (Wildman–Crippen MR) is 110 cm³/mol. The summed E-state index contributed by atoms with van der Waals surface area (Å²) in [6.07, 6.45) is 13.2. The first-order valence-electron chi connectivity index (χ1n) is 9.39. The lowest BCUT2D eigenvalue weighted by Gasteiger charge is -2.21. The smallest absolute Gasteiger partial charge is 0.252 e. The summed E-state index contributed by atoms with van der Waals surface area (Å²) in [7, 11) is 0. The van der Waals surface area contributed by atoms with Crippen molar-refractivity contribution in [2.24, 2.45) is 0 Å². The number of carbonyl (C=O) groups is 2. The second kappa shape index (κ2) is 11.8. The molecule has 142 valence electrons. The highest BCUT2D eigenvalue weighted by molar-refractivity contribution is 8.13. The van der Waals surface area contributed by atoms with Crippen molar-refractivity contribution in [3.05, 3.63) is 29.8 Å². The molecule has 1 rings (SSSR count). The van der Waals surface area contributed by atoms with Crippen LogP contribution in [0, 0.1) is 12.3 Å². The SMILES string of the molecule is C#CCCCCCCCCC(=O)Sc1ccccc1C(=O)NC(C)(C)C. The second-order valence-electron chi connectivity index (χ2n) is 7.50. The van der Waals surface area contributed by atoms with Gasteiger partial charge in [-0.1, -0.05) is 49.6 Å². The standard InChI is InChI=1S/C22H31NO2S/c1-5-6-7-8-9-10-11-12-17-20(24)26-19-16-14-13-15-18(19)21(25)23-22(2,3)4/h1,13-16H,6-12,17H2,2-4H3,(H,23,25). The summed E-state index contributed by atoms with van der Waals surface area (Å²) in [6, 6.07) is 7.30. The van der Waals surface area contributed by atoms with Gasteiger partial charge in [-0.3, -0.25) is 9.59 Å². The van der Waals surface area contributed by atoms with Crippen LogP contribution < -0.4 is 5.32 Å². The van der Waals surface area contributed by atoms with Crippen LogP contribution in [-0.2, 0) is 4.79 Å². The third-order valence-electron chi connectivity index (χ3n) is 3.80. The van der Waals surface area contributed by atoms with Crippen LogP contribution in [0.4, 0.5) is 0 Å². The van der Waals surface area contributed by atoms with Crippen LogP contribution in [0.25, 0.3) is 0 Å². The van der Waals surface area contributed by atoms with Crippen LogP contribution in [0.15, 0.2) is 29.2 Å². The van der Waals surface area contributed by atoms with Crippen molar-refractivity contribution in [1.82, 2.24) is 5.32 Å². The Morgan fingerprint density at radius 3 is 2.31 bits per heavy atom. The minimum Gasteiger partial charge on any atom is -0.347 e. The third-order valence-corrected chi connectivity index (χ3v) is 4.80. The summed E-state index contributed by atoms with van der Waals surface area (Å²) < 4.78 is 0. The van der Waals surface area contributed by atoms with E-state index in [1.54, 1.807) is 6.07 Å². The van der Waals surface area contributed by atoms with Gasteiger partial charge in [-0.15, -0.1) is 12.3 Å². The monoisotopic (exact) mass is 373 g/mol. The van der Waals surface area contributed by atoms with Gasteiger partial charge < -0.3 is 5.32 Å². The molecule has 3 nitrogen and oxygen atoms in total. The van der Waals surface area contributed by atoms with Gasteiger partial charge in [0.1, 0.15) is 0 Å². The van der Waals surface area contributed by atoms with E-state index in [9.17, 15) is 9.59 Å². The van der Waals surface area contributed by atoms with Crippen molar-refractivity contribution in [2.75, 3.05) is 0 Å². The third kappa shape index (κ3) is 9.68. The number of thioether (sulfide) groups is 1. The number of benzene rings is 1. The van der Waals surface area contributed by atoms with Crippen molar-refractivity contribution in [2.45, 2.75) is 82.6 Å². The van der Waals surface area contributed by atoms with E-state index in [0.29, 0.717) is 12.0 Å². The van der Waals surface area contributed by atoms with E-state index in [-0.39, 0.29) is 16.6 Å². The zero-order chi connectivity index (χ0) is 19.4. The first-order valence-corrected chi connectivity index (χ1v) is 10.2. The Morgan fingerprint density at radius 2 is 1.65 bits per heavy atom. The quantitative estimate of drug-likeness (QED) is 0.330. The minimum atomic E-state index is -0.306. The van der Waals surface area contributed by atoms with Gasteiger partial charge in [0.25, 0.3) is 5.91 Å². The molecule has 0 saturated carbocycles. The molecule has 0 heterocycles. The molecule has 0 unspecified atom stereocenters. The summed E-state index contributed by atoms with van der Waals surface area (Å²) in [5.74, 6) is 2.52. The summed E-state index contributed by atoms with van der Waals surface area (Å²) in [5.41, 5.74) is 0.258. The van der Waals surface area contributed by atoms with E-state index >= 15 is 0 Å². The Kier molecular flexibility index (Phi) is 10.1. The van der Waals surface area contributed by atoms with E-state index < -0.39 is 0 Å². The average Bonchev–Trinajstić information content (AvgIpc) is 2.56. The molecule has 0 aliphatic carbocycles. The molecule has 1 aromatic rings. The molecular weight excluding hydrogens is 342 g/mol. The highest BCUT2D eigenvalue weighted by atomic mass is 32.2. The number of amides is 1. The molecule has 4 heteroatoms. The normalized spacial score (nSPS) is 11.0. The molecule has 0 saturated heterocycles. The maximum atomic E-state index is 12.4. The number of hydrogen-bond donors (Lipinski definition) is 1. The molecule has 0 spiro atoms. The number of terminal acetylenes is 1. The molecule has 0 aliphatic rings. The van der Waals surface area contributed by atoms with Gasteiger partial charge in [-0.05, 0) is 45.7 Å². The Labute approximate surface area is 162 Å². The van der Waals surface area contributed by atoms with E-state index in [4.69, 9.17) is 6.42 Å². The Morgan fingerprint density at radius 1 is 1.04 bits per heavy atom. The summed E-state index contributed by atoms with van der Waals surface area (Å²) >= 11 is 1.18. The lowest BCUT2D eigenvalue weighted by atomic mass is 10.1. The molecule has 0 atom stereocenters. The maximum Gasteiger partial charge on any atom is 0.252 e. The topological polar surface area (TPSA) is 46.2 Å². The second-order valence-corrected chi connectivity index (χ2v) is 8.60. The fourth-order valence-electron chi connectivity index (χ4n) is 2.53. The molecule has 26 heavy (non-hydrogen) atoms. The van der Waals surface area contributed by atoms with Gasteiger partial charge in [0.15, 0.2) is 5.12 Å². The van der Waals surface area contributed by atoms with Gasteiger partial charge in [0.2, 0.25) is 0 Å². The summed E-state index contributed by atoms with van der Waals surface area (Å²) in [4.78, 5) is 25.4. The van der Waals surface area contributed by atoms with Gasteiger partial charge >= 0.3 is 0 Å². The lowest BCUT2D eigenvalue weighted by Crippen LogP contribution is -2.40. The molecule has 0 radical (unpaired) electrons. The van der Waals surface area contributed by atoms with Gasteiger partial charge in [-0.25, -0.2) is 0 Å². The minimum absolute atomic E-state index is 0.119. The highest BCUT2D eigenvalue weighted by Crippen LogP contribution is 2.26. The van der Waals surface area contributed by atoms with E-state index in [1.807, 2.05) is 39.0 Å².